The van der Waals surface area contributed by atoms with Crippen molar-refractivity contribution in [1.29, 1.82) is 0 Å². The van der Waals surface area contributed by atoms with Gasteiger partial charge in [-0.2, -0.15) is 0 Å². The van der Waals surface area contributed by atoms with Gasteiger partial charge in [0.15, 0.2) is 17.7 Å². The van der Waals surface area contributed by atoms with Crippen molar-refractivity contribution in [3.05, 3.63) is 12.2 Å². The SMILES string of the molecule is Nc1nc(C2CCCCC2)nc2c1ncn2[C@@H]1O[C@H](CO)[C@@H](O)[C@H]1O. The molecule has 1 aliphatic carbocycles. The number of ether oxygens (including phenoxy) is 1. The maximum Gasteiger partial charge on any atom is 0.167 e. The lowest BCUT2D eigenvalue weighted by Crippen LogP contribution is -2.33. The number of aliphatic hydroxyl groups is 3. The molecule has 0 amide bonds. The molecular formula is C16H23N5O4. The zero-order valence-corrected chi connectivity index (χ0v) is 13.8. The van der Waals surface area contributed by atoms with E-state index in [1.807, 2.05) is 0 Å². The number of rotatable bonds is 3. The molecule has 136 valence electrons. The van der Waals surface area contributed by atoms with Gasteiger partial charge in [0.2, 0.25) is 0 Å². The third-order valence-electron chi connectivity index (χ3n) is 5.23. The fourth-order valence-corrected chi connectivity index (χ4v) is 3.80. The van der Waals surface area contributed by atoms with E-state index in [1.165, 1.54) is 12.7 Å². The minimum atomic E-state index is -1.19. The van der Waals surface area contributed by atoms with Crippen LogP contribution >= 0.6 is 0 Å². The minimum Gasteiger partial charge on any atom is -0.394 e. The van der Waals surface area contributed by atoms with Crippen LogP contribution in [0.2, 0.25) is 0 Å². The molecule has 3 heterocycles. The van der Waals surface area contributed by atoms with Crippen molar-refractivity contribution in [2.24, 2.45) is 0 Å². The monoisotopic (exact) mass is 349 g/mol. The summed E-state index contributed by atoms with van der Waals surface area (Å²) in [6.07, 6.45) is 2.98. The minimum absolute atomic E-state index is 0.272. The molecule has 0 aromatic carbocycles. The first kappa shape index (κ1) is 16.6. The summed E-state index contributed by atoms with van der Waals surface area (Å²) < 4.78 is 7.14. The Labute approximate surface area is 144 Å². The maximum atomic E-state index is 10.3. The molecule has 0 radical (unpaired) electrons. The van der Waals surface area contributed by atoms with Crippen LogP contribution in [0.5, 0.6) is 0 Å². The number of nitrogens with zero attached hydrogens (tertiary/aromatic N) is 4. The van der Waals surface area contributed by atoms with E-state index in [9.17, 15) is 15.3 Å². The number of nitrogens with two attached hydrogens (primary N) is 1. The first-order valence-corrected chi connectivity index (χ1v) is 8.72. The number of aromatic nitrogens is 4. The van der Waals surface area contributed by atoms with E-state index < -0.39 is 24.5 Å². The predicted molar refractivity (Wildman–Crippen MR) is 88.6 cm³/mol. The Morgan fingerprint density at radius 2 is 1.92 bits per heavy atom. The second-order valence-corrected chi connectivity index (χ2v) is 6.85. The van der Waals surface area contributed by atoms with Crippen molar-refractivity contribution >= 4 is 17.0 Å². The molecule has 2 aromatic rings. The van der Waals surface area contributed by atoms with E-state index in [1.54, 1.807) is 4.57 Å². The van der Waals surface area contributed by atoms with Crippen LogP contribution in [0.3, 0.4) is 0 Å². The van der Waals surface area contributed by atoms with Gasteiger partial charge in [-0.05, 0) is 12.8 Å². The molecule has 2 aromatic heterocycles. The zero-order chi connectivity index (χ0) is 17.6. The highest BCUT2D eigenvalue weighted by molar-refractivity contribution is 5.81. The summed E-state index contributed by atoms with van der Waals surface area (Å²) in [5.74, 6) is 1.27. The van der Waals surface area contributed by atoms with Crippen LogP contribution in [0.4, 0.5) is 5.82 Å². The van der Waals surface area contributed by atoms with E-state index in [0.29, 0.717) is 22.8 Å². The van der Waals surface area contributed by atoms with Crippen molar-refractivity contribution in [1.82, 2.24) is 19.5 Å². The van der Waals surface area contributed by atoms with Gasteiger partial charge >= 0.3 is 0 Å². The van der Waals surface area contributed by atoms with Gasteiger partial charge in [-0.15, -0.1) is 0 Å². The fraction of sp³-hybridized carbons (Fsp3) is 0.688. The van der Waals surface area contributed by atoms with Gasteiger partial charge < -0.3 is 25.8 Å². The van der Waals surface area contributed by atoms with Crippen LogP contribution in [0.15, 0.2) is 6.33 Å². The number of hydrogen-bond acceptors (Lipinski definition) is 8. The van der Waals surface area contributed by atoms with Gasteiger partial charge in [0.25, 0.3) is 0 Å². The predicted octanol–water partition coefficient (Wildman–Crippen LogP) is 0.0677. The number of hydrogen-bond donors (Lipinski definition) is 4. The summed E-state index contributed by atoms with van der Waals surface area (Å²) >= 11 is 0. The molecule has 1 aliphatic heterocycles. The van der Waals surface area contributed by atoms with Gasteiger partial charge in [-0.3, -0.25) is 4.57 Å². The molecule has 1 saturated heterocycles. The van der Waals surface area contributed by atoms with Gasteiger partial charge in [0.1, 0.15) is 29.7 Å². The van der Waals surface area contributed by atoms with Crippen molar-refractivity contribution in [2.75, 3.05) is 12.3 Å². The Hall–Kier alpha value is -1.81. The molecule has 9 nitrogen and oxygen atoms in total. The van der Waals surface area contributed by atoms with Crippen LogP contribution in [-0.2, 0) is 4.74 Å². The lowest BCUT2D eigenvalue weighted by molar-refractivity contribution is -0.0511. The topological polar surface area (TPSA) is 140 Å². The average molecular weight is 349 g/mol. The quantitative estimate of drug-likeness (QED) is 0.610. The number of nitrogen functional groups attached to an aromatic ring is 1. The van der Waals surface area contributed by atoms with E-state index in [0.717, 1.165) is 25.7 Å². The van der Waals surface area contributed by atoms with Crippen LogP contribution < -0.4 is 5.73 Å². The highest BCUT2D eigenvalue weighted by Crippen LogP contribution is 2.35. The first-order chi connectivity index (χ1) is 12.1. The Morgan fingerprint density at radius 1 is 1.16 bits per heavy atom. The fourth-order valence-electron chi connectivity index (χ4n) is 3.80. The molecule has 5 N–H and O–H groups in total. The molecule has 25 heavy (non-hydrogen) atoms. The van der Waals surface area contributed by atoms with Crippen molar-refractivity contribution in [3.63, 3.8) is 0 Å². The van der Waals surface area contributed by atoms with E-state index >= 15 is 0 Å². The molecule has 4 rings (SSSR count). The first-order valence-electron chi connectivity index (χ1n) is 8.72. The molecule has 4 atom stereocenters. The number of fused-ring (bicyclic) bond motifs is 1. The molecule has 0 unspecified atom stereocenters. The van der Waals surface area contributed by atoms with Gasteiger partial charge in [0, 0.05) is 5.92 Å². The molecular weight excluding hydrogens is 326 g/mol. The molecule has 1 saturated carbocycles. The highest BCUT2D eigenvalue weighted by atomic mass is 16.6. The lowest BCUT2D eigenvalue weighted by Gasteiger charge is -2.21. The zero-order valence-electron chi connectivity index (χ0n) is 13.8. The normalized spacial score (nSPS) is 31.0. The summed E-state index contributed by atoms with van der Waals surface area (Å²) in [4.78, 5) is 13.3. The molecule has 9 heteroatoms. The second-order valence-electron chi connectivity index (χ2n) is 6.85. The molecule has 2 fully saturated rings. The molecule has 0 spiro atoms. The number of aliphatic hydroxyl groups excluding tert-OH is 3. The van der Waals surface area contributed by atoms with Crippen molar-refractivity contribution in [3.8, 4) is 0 Å². The summed E-state index contributed by atoms with van der Waals surface area (Å²) in [6.45, 7) is -0.383. The average Bonchev–Trinajstić information content (AvgIpc) is 3.18. The van der Waals surface area contributed by atoms with Crippen molar-refractivity contribution < 1.29 is 20.1 Å². The summed E-state index contributed by atoms with van der Waals surface area (Å²) in [5.41, 5.74) is 6.99. The van der Waals surface area contributed by atoms with E-state index in [4.69, 9.17) is 10.5 Å². The molecule has 2 aliphatic rings. The van der Waals surface area contributed by atoms with Gasteiger partial charge in [0.05, 0.1) is 12.9 Å². The van der Waals surface area contributed by atoms with Crippen LogP contribution in [0.25, 0.3) is 11.2 Å². The molecule has 0 bridgehead atoms. The maximum absolute atomic E-state index is 10.3. The number of imidazole rings is 1. The smallest absolute Gasteiger partial charge is 0.167 e. The van der Waals surface area contributed by atoms with E-state index in [-0.39, 0.29) is 12.5 Å². The van der Waals surface area contributed by atoms with Crippen molar-refractivity contribution in [2.45, 2.75) is 62.6 Å². The summed E-state index contributed by atoms with van der Waals surface area (Å²) in [6, 6.07) is 0. The Balaban J connectivity index is 1.74. The second kappa shape index (κ2) is 6.49. The lowest BCUT2D eigenvalue weighted by atomic mass is 9.89. The van der Waals surface area contributed by atoms with Crippen LogP contribution in [-0.4, -0.2) is 59.8 Å². The largest absolute Gasteiger partial charge is 0.394 e. The standard InChI is InChI=1S/C16H23N5O4/c17-13-10-15(20-14(19-13)8-4-2-1-3-5-8)21(7-18-10)16-12(24)11(23)9(6-22)25-16/h7-9,11-12,16,22-24H,1-6H2,(H2,17,19,20)/t9-,11-,12-,16-/m1/s1. The third-order valence-corrected chi connectivity index (χ3v) is 5.23. The Morgan fingerprint density at radius 3 is 2.60 bits per heavy atom. The van der Waals surface area contributed by atoms with Crippen LogP contribution in [0, 0.1) is 0 Å². The Kier molecular flexibility index (Phi) is 4.32. The summed E-state index contributed by atoms with van der Waals surface area (Å²) in [5, 5.41) is 29.5. The highest BCUT2D eigenvalue weighted by Gasteiger charge is 2.44. The van der Waals surface area contributed by atoms with Gasteiger partial charge in [-0.1, -0.05) is 19.3 Å². The summed E-state index contributed by atoms with van der Waals surface area (Å²) in [7, 11) is 0. The number of anilines is 1. The third kappa shape index (κ3) is 2.77. The van der Waals surface area contributed by atoms with Gasteiger partial charge in [-0.25, -0.2) is 15.0 Å². The van der Waals surface area contributed by atoms with E-state index in [2.05, 4.69) is 15.0 Å². The van der Waals surface area contributed by atoms with Crippen LogP contribution in [0.1, 0.15) is 50.1 Å². The Bertz CT molecular complexity index is 760.